The molecule has 0 aliphatic heterocycles. The molecule has 0 radical (unpaired) electrons. The summed E-state index contributed by atoms with van der Waals surface area (Å²) in [5.74, 6) is -0.868. The number of nitrogens with one attached hydrogen (secondary N) is 1. The fourth-order valence-electron chi connectivity index (χ4n) is 3.35. The number of pyridine rings is 1. The van der Waals surface area contributed by atoms with Gasteiger partial charge in [-0.25, -0.2) is 29.1 Å². The fourth-order valence-corrected chi connectivity index (χ4v) is 4.05. The summed E-state index contributed by atoms with van der Waals surface area (Å²) in [5, 5.41) is 12.9. The third-order valence-electron chi connectivity index (χ3n) is 4.94. The van der Waals surface area contributed by atoms with Gasteiger partial charge in [0.1, 0.15) is 23.5 Å². The van der Waals surface area contributed by atoms with Crippen molar-refractivity contribution in [2.75, 3.05) is 18.1 Å². The largest absolute Gasteiger partial charge is 0.478 e. The number of aromatic carboxylic acids is 1. The molecule has 4 aromatic rings. The van der Waals surface area contributed by atoms with Gasteiger partial charge in [-0.1, -0.05) is 18.2 Å². The summed E-state index contributed by atoms with van der Waals surface area (Å²) in [4.78, 5) is 32.7. The Balaban J connectivity index is 1.61. The predicted molar refractivity (Wildman–Crippen MR) is 121 cm³/mol. The van der Waals surface area contributed by atoms with E-state index in [-0.39, 0.29) is 16.2 Å². The van der Waals surface area contributed by atoms with Crippen LogP contribution < -0.4 is 5.32 Å². The summed E-state index contributed by atoms with van der Waals surface area (Å²) in [6.07, 6.45) is 7.79. The first-order valence-electron chi connectivity index (χ1n) is 9.66. The van der Waals surface area contributed by atoms with Gasteiger partial charge in [0, 0.05) is 41.2 Å². The molecule has 10 heteroatoms. The molecule has 0 saturated carbocycles. The number of carboxylic acids is 1. The molecule has 0 aliphatic rings. The van der Waals surface area contributed by atoms with Crippen LogP contribution in [0.5, 0.6) is 0 Å². The Labute approximate surface area is 187 Å². The van der Waals surface area contributed by atoms with E-state index in [0.29, 0.717) is 29.4 Å². The molecular formula is C22H19FN6O2S. The van der Waals surface area contributed by atoms with Gasteiger partial charge in [0.15, 0.2) is 5.82 Å². The number of fused-ring (bicyclic) bond motifs is 1. The molecular weight excluding hydrogens is 431 g/mol. The SMILES string of the molecule is CSC(CNc1cc(-c2cnc(C)nc2)ncn1)c1cccc2c(C(=O)O)c(F)cnc12. The first-order chi connectivity index (χ1) is 15.5. The molecule has 1 unspecified atom stereocenters. The third-order valence-corrected chi connectivity index (χ3v) is 5.93. The van der Waals surface area contributed by atoms with Crippen LogP contribution in [0.15, 0.2) is 49.2 Å². The summed E-state index contributed by atoms with van der Waals surface area (Å²) in [7, 11) is 0. The first kappa shape index (κ1) is 21.6. The minimum absolute atomic E-state index is 0.0839. The van der Waals surface area contributed by atoms with E-state index >= 15 is 0 Å². The van der Waals surface area contributed by atoms with Gasteiger partial charge in [0.25, 0.3) is 0 Å². The van der Waals surface area contributed by atoms with Crippen LogP contribution in [0.1, 0.15) is 27.0 Å². The van der Waals surface area contributed by atoms with Crippen molar-refractivity contribution in [2.24, 2.45) is 0 Å². The normalized spacial score (nSPS) is 12.0. The van der Waals surface area contributed by atoms with E-state index in [4.69, 9.17) is 0 Å². The number of rotatable bonds is 7. The zero-order valence-corrected chi connectivity index (χ0v) is 18.1. The van der Waals surface area contributed by atoms with Crippen molar-refractivity contribution in [1.29, 1.82) is 0 Å². The van der Waals surface area contributed by atoms with Gasteiger partial charge in [-0.2, -0.15) is 11.8 Å². The molecule has 0 aliphatic carbocycles. The molecule has 162 valence electrons. The van der Waals surface area contributed by atoms with E-state index in [1.165, 1.54) is 6.33 Å². The molecule has 0 spiro atoms. The van der Waals surface area contributed by atoms with Crippen molar-refractivity contribution < 1.29 is 14.3 Å². The van der Waals surface area contributed by atoms with Crippen LogP contribution in [0.3, 0.4) is 0 Å². The van der Waals surface area contributed by atoms with E-state index in [0.717, 1.165) is 17.3 Å². The summed E-state index contributed by atoms with van der Waals surface area (Å²) in [6, 6.07) is 6.97. The van der Waals surface area contributed by atoms with Crippen LogP contribution in [0, 0.1) is 12.7 Å². The van der Waals surface area contributed by atoms with E-state index in [1.807, 2.05) is 25.3 Å². The van der Waals surface area contributed by atoms with Crippen LogP contribution in [-0.4, -0.2) is 48.8 Å². The Bertz CT molecular complexity index is 1290. The Morgan fingerprint density at radius 3 is 2.66 bits per heavy atom. The number of carboxylic acid groups (broad SMARTS) is 1. The Morgan fingerprint density at radius 1 is 1.16 bits per heavy atom. The number of nitrogens with zero attached hydrogens (tertiary/aromatic N) is 5. The molecule has 32 heavy (non-hydrogen) atoms. The lowest BCUT2D eigenvalue weighted by atomic mass is 10.0. The van der Waals surface area contributed by atoms with Gasteiger partial charge in [0.2, 0.25) is 0 Å². The van der Waals surface area contributed by atoms with E-state index in [2.05, 4.69) is 30.2 Å². The van der Waals surface area contributed by atoms with Crippen molar-refractivity contribution in [3.05, 3.63) is 72.0 Å². The molecule has 3 aromatic heterocycles. The molecule has 2 N–H and O–H groups in total. The molecule has 0 saturated heterocycles. The highest BCUT2D eigenvalue weighted by molar-refractivity contribution is 7.98. The number of anilines is 1. The maximum absolute atomic E-state index is 14.1. The number of hydrogen-bond acceptors (Lipinski definition) is 8. The number of aryl methyl sites for hydroxylation is 1. The lowest BCUT2D eigenvalue weighted by Gasteiger charge is -2.18. The third kappa shape index (κ3) is 4.35. The standard InChI is InChI=1S/C22H19FN6O2S/c1-12-24-7-13(8-25-12)17-6-19(29-11-28-17)26-10-18(32-2)14-4-3-5-15-20(22(30)31)16(23)9-27-21(14)15/h3-9,11,18H,10H2,1-2H3,(H,30,31)(H,26,28,29). The highest BCUT2D eigenvalue weighted by atomic mass is 32.2. The number of halogens is 1. The summed E-state index contributed by atoms with van der Waals surface area (Å²) in [5.41, 5.74) is 2.38. The van der Waals surface area contributed by atoms with Crippen molar-refractivity contribution in [1.82, 2.24) is 24.9 Å². The van der Waals surface area contributed by atoms with Gasteiger partial charge in [-0.3, -0.25) is 4.98 Å². The molecule has 8 nitrogen and oxygen atoms in total. The number of aromatic nitrogens is 5. The second-order valence-electron chi connectivity index (χ2n) is 6.94. The zero-order chi connectivity index (χ0) is 22.7. The zero-order valence-electron chi connectivity index (χ0n) is 17.3. The number of para-hydroxylation sites is 1. The Morgan fingerprint density at radius 2 is 1.94 bits per heavy atom. The molecule has 0 fully saturated rings. The lowest BCUT2D eigenvalue weighted by Crippen LogP contribution is -2.12. The van der Waals surface area contributed by atoms with Crippen LogP contribution >= 0.6 is 11.8 Å². The second kappa shape index (κ2) is 9.23. The number of thioether (sulfide) groups is 1. The van der Waals surface area contributed by atoms with Crippen molar-refractivity contribution in [3.63, 3.8) is 0 Å². The van der Waals surface area contributed by atoms with Crippen molar-refractivity contribution in [2.45, 2.75) is 12.2 Å². The highest BCUT2D eigenvalue weighted by Crippen LogP contribution is 2.33. The van der Waals surface area contributed by atoms with Crippen LogP contribution in [0.4, 0.5) is 10.2 Å². The van der Waals surface area contributed by atoms with Gasteiger partial charge in [-0.05, 0) is 18.7 Å². The van der Waals surface area contributed by atoms with Gasteiger partial charge >= 0.3 is 5.97 Å². The summed E-state index contributed by atoms with van der Waals surface area (Å²) < 4.78 is 14.1. The minimum atomic E-state index is -1.32. The van der Waals surface area contributed by atoms with Gasteiger partial charge in [0.05, 0.1) is 17.4 Å². The Kier molecular flexibility index (Phi) is 6.22. The van der Waals surface area contributed by atoms with Crippen LogP contribution in [0.25, 0.3) is 22.2 Å². The van der Waals surface area contributed by atoms with Gasteiger partial charge in [-0.15, -0.1) is 0 Å². The lowest BCUT2D eigenvalue weighted by molar-refractivity contribution is 0.0694. The molecule has 0 bridgehead atoms. The molecule has 1 aromatic carbocycles. The van der Waals surface area contributed by atoms with E-state index < -0.39 is 11.8 Å². The number of benzene rings is 1. The Hall–Kier alpha value is -3.66. The second-order valence-corrected chi connectivity index (χ2v) is 7.98. The predicted octanol–water partition coefficient (Wildman–Crippen LogP) is 4.14. The fraction of sp³-hybridized carbons (Fsp3) is 0.182. The molecule has 4 rings (SSSR count). The average molecular weight is 450 g/mol. The maximum Gasteiger partial charge on any atom is 0.339 e. The maximum atomic E-state index is 14.1. The van der Waals surface area contributed by atoms with Gasteiger partial charge < -0.3 is 10.4 Å². The monoisotopic (exact) mass is 450 g/mol. The molecule has 0 amide bonds. The quantitative estimate of drug-likeness (QED) is 0.429. The van der Waals surface area contributed by atoms with E-state index in [1.54, 1.807) is 36.3 Å². The number of carbonyl (C=O) groups is 1. The summed E-state index contributed by atoms with van der Waals surface area (Å²) in [6.45, 7) is 2.30. The first-order valence-corrected chi connectivity index (χ1v) is 10.9. The summed E-state index contributed by atoms with van der Waals surface area (Å²) >= 11 is 1.57. The van der Waals surface area contributed by atoms with Crippen molar-refractivity contribution >= 4 is 34.5 Å². The highest BCUT2D eigenvalue weighted by Gasteiger charge is 2.20. The smallest absolute Gasteiger partial charge is 0.339 e. The average Bonchev–Trinajstić information content (AvgIpc) is 2.79. The van der Waals surface area contributed by atoms with Crippen LogP contribution in [0.2, 0.25) is 0 Å². The number of hydrogen-bond donors (Lipinski definition) is 2. The van der Waals surface area contributed by atoms with Crippen molar-refractivity contribution in [3.8, 4) is 11.3 Å². The van der Waals surface area contributed by atoms with E-state index in [9.17, 15) is 14.3 Å². The minimum Gasteiger partial charge on any atom is -0.478 e. The van der Waals surface area contributed by atoms with Crippen LogP contribution in [-0.2, 0) is 0 Å². The topological polar surface area (TPSA) is 114 Å². The molecule has 3 heterocycles. The molecule has 1 atom stereocenters.